The summed E-state index contributed by atoms with van der Waals surface area (Å²) in [6.07, 6.45) is 5.82. The molecule has 0 radical (unpaired) electrons. The van der Waals surface area contributed by atoms with Gasteiger partial charge in [-0.15, -0.1) is 0 Å². The molecule has 7 heteroatoms. The molecule has 1 amide bonds. The van der Waals surface area contributed by atoms with E-state index in [0.717, 1.165) is 37.1 Å². The number of likely N-dealkylation sites (tertiary alicyclic amines) is 1. The standard InChI is InChI=1S/C26H37N3O3S/c1-4-23-11-8-9-17-28(23)18-10-16-27-26(30)20-29(24-15-14-21(2)22(3)19-24)33(31,32)25-12-6-5-7-13-25/h5-7,12-15,19,23H,4,8-11,16-18,20H2,1-3H3,(H,27,30). The third-order valence-corrected chi connectivity index (χ3v) is 8.35. The van der Waals surface area contributed by atoms with E-state index in [1.807, 2.05) is 26.0 Å². The molecule has 1 N–H and O–H groups in total. The number of hydrogen-bond donors (Lipinski definition) is 1. The molecule has 6 nitrogen and oxygen atoms in total. The monoisotopic (exact) mass is 471 g/mol. The lowest BCUT2D eigenvalue weighted by Crippen LogP contribution is -2.43. The Bertz CT molecular complexity index is 1020. The van der Waals surface area contributed by atoms with Crippen molar-refractivity contribution in [2.75, 3.05) is 30.5 Å². The summed E-state index contributed by atoms with van der Waals surface area (Å²) in [7, 11) is -3.87. The zero-order valence-electron chi connectivity index (χ0n) is 20.1. The van der Waals surface area contributed by atoms with E-state index in [4.69, 9.17) is 0 Å². The molecule has 1 saturated heterocycles. The Labute approximate surface area is 199 Å². The Kier molecular flexibility index (Phi) is 8.92. The molecule has 1 unspecified atom stereocenters. The molecule has 2 aromatic rings. The Morgan fingerprint density at radius 1 is 1.09 bits per heavy atom. The first-order valence-electron chi connectivity index (χ1n) is 12.0. The quantitative estimate of drug-likeness (QED) is 0.526. The zero-order valence-corrected chi connectivity index (χ0v) is 20.9. The predicted octanol–water partition coefficient (Wildman–Crippen LogP) is 4.27. The van der Waals surface area contributed by atoms with E-state index in [1.165, 1.54) is 23.6 Å². The van der Waals surface area contributed by atoms with Gasteiger partial charge in [-0.2, -0.15) is 0 Å². The van der Waals surface area contributed by atoms with E-state index in [2.05, 4.69) is 17.1 Å². The maximum atomic E-state index is 13.4. The maximum absolute atomic E-state index is 13.4. The van der Waals surface area contributed by atoms with Crippen LogP contribution in [0, 0.1) is 13.8 Å². The second-order valence-electron chi connectivity index (χ2n) is 8.89. The lowest BCUT2D eigenvalue weighted by molar-refractivity contribution is -0.119. The summed E-state index contributed by atoms with van der Waals surface area (Å²) in [5.41, 5.74) is 2.55. The number of benzene rings is 2. The number of anilines is 1. The van der Waals surface area contributed by atoms with E-state index in [9.17, 15) is 13.2 Å². The molecule has 1 aliphatic heterocycles. The minimum absolute atomic E-state index is 0.173. The lowest BCUT2D eigenvalue weighted by Gasteiger charge is -2.35. The van der Waals surface area contributed by atoms with Gasteiger partial charge < -0.3 is 10.2 Å². The van der Waals surface area contributed by atoms with Crippen molar-refractivity contribution in [2.24, 2.45) is 0 Å². The number of aryl methyl sites for hydroxylation is 2. The number of carbonyl (C=O) groups excluding carboxylic acids is 1. The molecule has 1 aliphatic rings. The van der Waals surface area contributed by atoms with Gasteiger partial charge in [-0.05, 0) is 81.5 Å². The van der Waals surface area contributed by atoms with Crippen LogP contribution in [0.4, 0.5) is 5.69 Å². The minimum atomic E-state index is -3.87. The van der Waals surface area contributed by atoms with Crippen LogP contribution in [0.1, 0.15) is 50.2 Å². The van der Waals surface area contributed by atoms with Crippen molar-refractivity contribution in [1.82, 2.24) is 10.2 Å². The summed E-state index contributed by atoms with van der Waals surface area (Å²) in [5.74, 6) is -0.293. The number of carbonyl (C=O) groups is 1. The van der Waals surface area contributed by atoms with Crippen LogP contribution in [0.3, 0.4) is 0 Å². The normalized spacial score (nSPS) is 17.0. The molecule has 3 rings (SSSR count). The van der Waals surface area contributed by atoms with Crippen LogP contribution in [0.15, 0.2) is 53.4 Å². The van der Waals surface area contributed by atoms with Crippen LogP contribution in [0.5, 0.6) is 0 Å². The second-order valence-corrected chi connectivity index (χ2v) is 10.8. The SMILES string of the molecule is CCC1CCCCN1CCCNC(=O)CN(c1ccc(C)c(C)c1)S(=O)(=O)c1ccccc1. The molecule has 1 fully saturated rings. The first-order valence-corrected chi connectivity index (χ1v) is 13.4. The van der Waals surface area contributed by atoms with Gasteiger partial charge in [-0.3, -0.25) is 9.10 Å². The highest BCUT2D eigenvalue weighted by atomic mass is 32.2. The van der Waals surface area contributed by atoms with Crippen molar-refractivity contribution in [3.63, 3.8) is 0 Å². The van der Waals surface area contributed by atoms with Gasteiger partial charge in [0, 0.05) is 19.1 Å². The third kappa shape index (κ3) is 6.58. The third-order valence-electron chi connectivity index (χ3n) is 6.56. The van der Waals surface area contributed by atoms with E-state index in [-0.39, 0.29) is 17.3 Å². The van der Waals surface area contributed by atoms with E-state index >= 15 is 0 Å². The topological polar surface area (TPSA) is 69.7 Å². The van der Waals surface area contributed by atoms with E-state index in [0.29, 0.717) is 18.3 Å². The molecule has 0 saturated carbocycles. The predicted molar refractivity (Wildman–Crippen MR) is 134 cm³/mol. The number of sulfonamides is 1. The molecule has 0 aromatic heterocycles. The van der Waals surface area contributed by atoms with Crippen molar-refractivity contribution in [1.29, 1.82) is 0 Å². The van der Waals surface area contributed by atoms with Gasteiger partial charge in [0.25, 0.3) is 10.0 Å². The lowest BCUT2D eigenvalue weighted by atomic mass is 10.00. The summed E-state index contributed by atoms with van der Waals surface area (Å²) in [5, 5.41) is 2.93. The smallest absolute Gasteiger partial charge is 0.264 e. The van der Waals surface area contributed by atoms with Crippen molar-refractivity contribution >= 4 is 21.6 Å². The van der Waals surface area contributed by atoms with Gasteiger partial charge in [-0.25, -0.2) is 8.42 Å². The van der Waals surface area contributed by atoms with E-state index < -0.39 is 10.0 Å². The van der Waals surface area contributed by atoms with Gasteiger partial charge in [0.1, 0.15) is 6.54 Å². The zero-order chi connectivity index (χ0) is 23.8. The van der Waals surface area contributed by atoms with Gasteiger partial charge in [0.05, 0.1) is 10.6 Å². The largest absolute Gasteiger partial charge is 0.354 e. The van der Waals surface area contributed by atoms with Crippen molar-refractivity contribution in [3.05, 3.63) is 59.7 Å². The molecule has 1 heterocycles. The number of hydrogen-bond acceptors (Lipinski definition) is 4. The Morgan fingerprint density at radius 2 is 1.85 bits per heavy atom. The average molecular weight is 472 g/mol. The summed E-state index contributed by atoms with van der Waals surface area (Å²) in [6, 6.07) is 14.4. The molecule has 0 aliphatic carbocycles. The number of piperidine rings is 1. The van der Waals surface area contributed by atoms with Crippen molar-refractivity contribution < 1.29 is 13.2 Å². The Balaban J connectivity index is 1.67. The molecular weight excluding hydrogens is 434 g/mol. The molecule has 33 heavy (non-hydrogen) atoms. The first-order chi connectivity index (χ1) is 15.8. The summed E-state index contributed by atoms with van der Waals surface area (Å²) in [6.45, 7) is 8.53. The summed E-state index contributed by atoms with van der Waals surface area (Å²) >= 11 is 0. The molecule has 1 atom stereocenters. The van der Waals surface area contributed by atoms with Crippen LogP contribution in [-0.4, -0.2) is 51.4 Å². The molecule has 180 valence electrons. The van der Waals surface area contributed by atoms with Crippen LogP contribution in [0.2, 0.25) is 0 Å². The molecule has 2 aromatic carbocycles. The van der Waals surface area contributed by atoms with Crippen LogP contribution >= 0.6 is 0 Å². The van der Waals surface area contributed by atoms with Crippen LogP contribution in [0.25, 0.3) is 0 Å². The van der Waals surface area contributed by atoms with Crippen LogP contribution < -0.4 is 9.62 Å². The maximum Gasteiger partial charge on any atom is 0.264 e. The highest BCUT2D eigenvalue weighted by molar-refractivity contribution is 7.92. The highest BCUT2D eigenvalue weighted by Gasteiger charge is 2.27. The molecule has 0 bridgehead atoms. The van der Waals surface area contributed by atoms with Crippen molar-refractivity contribution in [2.45, 2.75) is 63.8 Å². The average Bonchev–Trinajstić information content (AvgIpc) is 2.83. The molecular formula is C26H37N3O3S. The minimum Gasteiger partial charge on any atom is -0.354 e. The van der Waals surface area contributed by atoms with Gasteiger partial charge >= 0.3 is 0 Å². The number of nitrogens with one attached hydrogen (secondary N) is 1. The number of nitrogens with zero attached hydrogens (tertiary/aromatic N) is 2. The highest BCUT2D eigenvalue weighted by Crippen LogP contribution is 2.25. The molecule has 0 spiro atoms. The Hall–Kier alpha value is -2.38. The Morgan fingerprint density at radius 3 is 2.55 bits per heavy atom. The van der Waals surface area contributed by atoms with Gasteiger partial charge in [0.2, 0.25) is 5.91 Å². The second kappa shape index (κ2) is 11.7. The van der Waals surface area contributed by atoms with Crippen molar-refractivity contribution in [3.8, 4) is 0 Å². The fraction of sp³-hybridized carbons (Fsp3) is 0.500. The number of rotatable bonds is 10. The number of amides is 1. The summed E-state index contributed by atoms with van der Waals surface area (Å²) < 4.78 is 28.0. The van der Waals surface area contributed by atoms with Gasteiger partial charge in [-0.1, -0.05) is 37.6 Å². The van der Waals surface area contributed by atoms with Crippen LogP contribution in [-0.2, 0) is 14.8 Å². The van der Waals surface area contributed by atoms with E-state index in [1.54, 1.807) is 36.4 Å². The first kappa shape index (κ1) is 25.2. The fourth-order valence-corrected chi connectivity index (χ4v) is 5.86. The van der Waals surface area contributed by atoms with Gasteiger partial charge in [0.15, 0.2) is 0 Å². The summed E-state index contributed by atoms with van der Waals surface area (Å²) in [4.78, 5) is 15.5. The fourth-order valence-electron chi connectivity index (χ4n) is 4.43.